The van der Waals surface area contributed by atoms with Gasteiger partial charge >= 0.3 is 0 Å². The van der Waals surface area contributed by atoms with Crippen LogP contribution in [0.4, 0.5) is 5.82 Å². The first-order valence-electron chi connectivity index (χ1n) is 5.88. The summed E-state index contributed by atoms with van der Waals surface area (Å²) >= 11 is 0. The summed E-state index contributed by atoms with van der Waals surface area (Å²) in [7, 11) is 0. The molecule has 0 aliphatic carbocycles. The normalized spacial score (nSPS) is 20.1. The molecule has 0 fully saturated rings. The number of hydrogen-bond acceptors (Lipinski definition) is 2. The van der Waals surface area contributed by atoms with Crippen LogP contribution in [0.2, 0.25) is 0 Å². The summed E-state index contributed by atoms with van der Waals surface area (Å²) in [5.41, 5.74) is 1.18. The average molecular weight is 221 g/mol. The molecule has 1 amide bonds. The van der Waals surface area contributed by atoms with E-state index in [-0.39, 0.29) is 11.9 Å². The highest BCUT2D eigenvalue weighted by molar-refractivity contribution is 5.93. The molecule has 1 aromatic heterocycles. The number of nitrogens with zero attached hydrogens (tertiary/aromatic N) is 2. The Bertz CT molecular complexity index is 406. The molecule has 0 aromatic carbocycles. The number of carbonyl (C=O) groups is 1. The number of nitrogens with one attached hydrogen (secondary N) is 1. The van der Waals surface area contributed by atoms with Gasteiger partial charge in [-0.25, -0.2) is 4.68 Å². The molecule has 1 N–H and O–H groups in total. The predicted molar refractivity (Wildman–Crippen MR) is 63.4 cm³/mol. The zero-order chi connectivity index (χ0) is 11.9. The SMILES string of the molecule is CC(C)[C@@H]1CC(=O)Nc2c1cnn2C(C)C. The van der Waals surface area contributed by atoms with E-state index in [1.807, 2.05) is 10.9 Å². The van der Waals surface area contributed by atoms with Crippen LogP contribution in [0.3, 0.4) is 0 Å². The van der Waals surface area contributed by atoms with Crippen LogP contribution in [0.25, 0.3) is 0 Å². The minimum Gasteiger partial charge on any atom is -0.311 e. The molecule has 0 saturated heterocycles. The number of carbonyl (C=O) groups excluding carboxylic acids is 1. The van der Waals surface area contributed by atoms with Crippen LogP contribution in [-0.2, 0) is 4.79 Å². The molecule has 1 aromatic rings. The van der Waals surface area contributed by atoms with Crippen LogP contribution in [0.15, 0.2) is 6.20 Å². The standard InChI is InChI=1S/C12H19N3O/c1-7(2)9-5-11(16)14-12-10(9)6-13-15(12)8(3)4/h6-9H,5H2,1-4H3,(H,14,16)/t9-/m0/s1. The van der Waals surface area contributed by atoms with E-state index in [0.29, 0.717) is 18.3 Å². The predicted octanol–water partition coefficient (Wildman–Crippen LogP) is 2.55. The van der Waals surface area contributed by atoms with Crippen LogP contribution in [-0.4, -0.2) is 15.7 Å². The number of hydrogen-bond donors (Lipinski definition) is 1. The lowest BCUT2D eigenvalue weighted by molar-refractivity contribution is -0.117. The summed E-state index contributed by atoms with van der Waals surface area (Å²) in [6, 6.07) is 0.273. The van der Waals surface area contributed by atoms with Crippen molar-refractivity contribution in [3.05, 3.63) is 11.8 Å². The van der Waals surface area contributed by atoms with Crippen molar-refractivity contribution in [3.8, 4) is 0 Å². The molecule has 2 rings (SSSR count). The quantitative estimate of drug-likeness (QED) is 0.834. The highest BCUT2D eigenvalue weighted by Crippen LogP contribution is 2.37. The molecule has 88 valence electrons. The molecule has 1 aliphatic heterocycles. The fraction of sp³-hybridized carbons (Fsp3) is 0.667. The first-order valence-corrected chi connectivity index (χ1v) is 5.88. The van der Waals surface area contributed by atoms with Crippen LogP contribution >= 0.6 is 0 Å². The van der Waals surface area contributed by atoms with E-state index < -0.39 is 0 Å². The fourth-order valence-electron chi connectivity index (χ4n) is 2.26. The van der Waals surface area contributed by atoms with E-state index in [1.165, 1.54) is 5.56 Å². The first-order chi connectivity index (χ1) is 7.50. The molecule has 0 saturated carbocycles. The van der Waals surface area contributed by atoms with Crippen molar-refractivity contribution in [3.63, 3.8) is 0 Å². The van der Waals surface area contributed by atoms with E-state index in [2.05, 4.69) is 38.1 Å². The van der Waals surface area contributed by atoms with Crippen molar-refractivity contribution in [1.29, 1.82) is 0 Å². The maximum absolute atomic E-state index is 11.7. The largest absolute Gasteiger partial charge is 0.311 e. The minimum absolute atomic E-state index is 0.105. The Morgan fingerprint density at radius 2 is 2.12 bits per heavy atom. The molecular weight excluding hydrogens is 202 g/mol. The monoisotopic (exact) mass is 221 g/mol. The maximum atomic E-state index is 11.7. The number of aromatic nitrogens is 2. The van der Waals surface area contributed by atoms with Crippen molar-refractivity contribution < 1.29 is 4.79 Å². The number of fused-ring (bicyclic) bond motifs is 1. The van der Waals surface area contributed by atoms with Gasteiger partial charge in [-0.05, 0) is 19.8 Å². The molecule has 1 atom stereocenters. The third kappa shape index (κ3) is 1.72. The highest BCUT2D eigenvalue weighted by atomic mass is 16.1. The zero-order valence-corrected chi connectivity index (χ0v) is 10.3. The Kier molecular flexibility index (Phi) is 2.74. The Balaban J connectivity index is 2.45. The molecule has 4 heteroatoms. The third-order valence-electron chi connectivity index (χ3n) is 3.18. The van der Waals surface area contributed by atoms with Gasteiger partial charge in [-0.1, -0.05) is 13.8 Å². The minimum atomic E-state index is 0.105. The summed E-state index contributed by atoms with van der Waals surface area (Å²) in [4.78, 5) is 11.7. The summed E-state index contributed by atoms with van der Waals surface area (Å²) in [5, 5.41) is 7.30. The van der Waals surface area contributed by atoms with Gasteiger partial charge in [0.25, 0.3) is 0 Å². The molecule has 1 aliphatic rings. The lowest BCUT2D eigenvalue weighted by atomic mass is 9.85. The van der Waals surface area contributed by atoms with Crippen molar-refractivity contribution in [2.75, 3.05) is 5.32 Å². The number of rotatable bonds is 2. The molecule has 0 radical (unpaired) electrons. The highest BCUT2D eigenvalue weighted by Gasteiger charge is 2.30. The molecule has 2 heterocycles. The average Bonchev–Trinajstić information content (AvgIpc) is 2.59. The topological polar surface area (TPSA) is 46.9 Å². The van der Waals surface area contributed by atoms with Gasteiger partial charge in [0, 0.05) is 23.9 Å². The van der Waals surface area contributed by atoms with Crippen LogP contribution < -0.4 is 5.32 Å². The van der Waals surface area contributed by atoms with Gasteiger partial charge in [0.15, 0.2) is 0 Å². The first kappa shape index (κ1) is 11.2. The zero-order valence-electron chi connectivity index (χ0n) is 10.3. The van der Waals surface area contributed by atoms with Gasteiger partial charge in [0.05, 0.1) is 6.20 Å². The second kappa shape index (κ2) is 3.92. The van der Waals surface area contributed by atoms with Crippen molar-refractivity contribution in [1.82, 2.24) is 9.78 Å². The Hall–Kier alpha value is -1.32. The fourth-order valence-corrected chi connectivity index (χ4v) is 2.26. The van der Waals surface area contributed by atoms with Gasteiger partial charge in [0.1, 0.15) is 5.82 Å². The lowest BCUT2D eigenvalue weighted by Gasteiger charge is -2.26. The molecule has 16 heavy (non-hydrogen) atoms. The second-order valence-corrected chi connectivity index (χ2v) is 5.09. The van der Waals surface area contributed by atoms with Gasteiger partial charge in [-0.3, -0.25) is 4.79 Å². The van der Waals surface area contributed by atoms with Gasteiger partial charge in [0.2, 0.25) is 5.91 Å². The third-order valence-corrected chi connectivity index (χ3v) is 3.18. The molecule has 0 spiro atoms. The lowest BCUT2D eigenvalue weighted by Crippen LogP contribution is -2.26. The summed E-state index contributed by atoms with van der Waals surface area (Å²) < 4.78 is 1.89. The van der Waals surface area contributed by atoms with Crippen LogP contribution in [0.1, 0.15) is 51.6 Å². The Morgan fingerprint density at radius 1 is 1.44 bits per heavy atom. The summed E-state index contributed by atoms with van der Waals surface area (Å²) in [5.74, 6) is 1.77. The van der Waals surface area contributed by atoms with Crippen molar-refractivity contribution in [2.45, 2.75) is 46.1 Å². The maximum Gasteiger partial charge on any atom is 0.226 e. The van der Waals surface area contributed by atoms with Crippen LogP contribution in [0.5, 0.6) is 0 Å². The van der Waals surface area contributed by atoms with E-state index >= 15 is 0 Å². The van der Waals surface area contributed by atoms with Gasteiger partial charge < -0.3 is 5.32 Å². The molecule has 4 nitrogen and oxygen atoms in total. The van der Waals surface area contributed by atoms with Gasteiger partial charge in [-0.15, -0.1) is 0 Å². The van der Waals surface area contributed by atoms with E-state index in [4.69, 9.17) is 0 Å². The second-order valence-electron chi connectivity index (χ2n) is 5.09. The smallest absolute Gasteiger partial charge is 0.226 e. The van der Waals surface area contributed by atoms with Crippen molar-refractivity contribution >= 4 is 11.7 Å². The number of amides is 1. The molecule has 0 bridgehead atoms. The molecular formula is C12H19N3O. The number of anilines is 1. The Labute approximate surface area is 96.0 Å². The van der Waals surface area contributed by atoms with E-state index in [9.17, 15) is 4.79 Å². The summed E-state index contributed by atoms with van der Waals surface area (Å²) in [6.07, 6.45) is 2.48. The summed E-state index contributed by atoms with van der Waals surface area (Å²) in [6.45, 7) is 8.44. The van der Waals surface area contributed by atoms with E-state index in [1.54, 1.807) is 0 Å². The van der Waals surface area contributed by atoms with Gasteiger partial charge in [-0.2, -0.15) is 5.10 Å². The Morgan fingerprint density at radius 3 is 2.69 bits per heavy atom. The van der Waals surface area contributed by atoms with E-state index in [0.717, 1.165) is 5.82 Å². The molecule has 0 unspecified atom stereocenters. The van der Waals surface area contributed by atoms with Crippen molar-refractivity contribution in [2.24, 2.45) is 5.92 Å². The van der Waals surface area contributed by atoms with Crippen LogP contribution in [0, 0.1) is 5.92 Å².